The highest BCUT2D eigenvalue weighted by Crippen LogP contribution is 2.44. The third kappa shape index (κ3) is 3.72. The number of piperidine rings is 1. The van der Waals surface area contributed by atoms with Crippen LogP contribution in [0, 0.1) is 5.92 Å². The van der Waals surface area contributed by atoms with E-state index in [-0.39, 0.29) is 12.0 Å². The lowest BCUT2D eigenvalue weighted by Crippen LogP contribution is -2.55. The molecule has 2 saturated heterocycles. The van der Waals surface area contributed by atoms with Crippen LogP contribution in [0.4, 0.5) is 4.79 Å². The summed E-state index contributed by atoms with van der Waals surface area (Å²) in [5.41, 5.74) is 4.98. The molecule has 2 aromatic carbocycles. The molecule has 1 N–H and O–H groups in total. The van der Waals surface area contributed by atoms with E-state index < -0.39 is 0 Å². The lowest BCUT2D eigenvalue weighted by atomic mass is 9.83. The minimum absolute atomic E-state index is 0.108. The fourth-order valence-electron chi connectivity index (χ4n) is 5.47. The van der Waals surface area contributed by atoms with Crippen molar-refractivity contribution in [2.24, 2.45) is 5.92 Å². The fraction of sp³-hybridized carbons (Fsp3) is 0.480. The molecule has 5 rings (SSSR count). The molecule has 2 atom stereocenters. The average molecular weight is 407 g/mol. The van der Waals surface area contributed by atoms with E-state index in [1.54, 1.807) is 0 Å². The summed E-state index contributed by atoms with van der Waals surface area (Å²) >= 11 is 0. The zero-order valence-electron chi connectivity index (χ0n) is 17.5. The van der Waals surface area contributed by atoms with Gasteiger partial charge in [0.15, 0.2) is 0 Å². The first-order valence-corrected chi connectivity index (χ1v) is 11.1. The summed E-state index contributed by atoms with van der Waals surface area (Å²) in [4.78, 5) is 14.8. The molecule has 0 saturated carbocycles. The van der Waals surface area contributed by atoms with Gasteiger partial charge in [0.1, 0.15) is 6.61 Å². The molecule has 2 fully saturated rings. The van der Waals surface area contributed by atoms with Gasteiger partial charge in [0, 0.05) is 24.5 Å². The summed E-state index contributed by atoms with van der Waals surface area (Å²) in [6.45, 7) is 2.72. The molecule has 1 amide bonds. The average Bonchev–Trinajstić information content (AvgIpc) is 3.07. The minimum atomic E-state index is -0.312. The van der Waals surface area contributed by atoms with Gasteiger partial charge in [0.05, 0.1) is 13.2 Å². The van der Waals surface area contributed by atoms with Crippen molar-refractivity contribution >= 4 is 6.09 Å². The van der Waals surface area contributed by atoms with Gasteiger partial charge in [0.25, 0.3) is 0 Å². The van der Waals surface area contributed by atoms with Gasteiger partial charge in [0.2, 0.25) is 0 Å². The molecule has 5 nitrogen and oxygen atoms in total. The summed E-state index contributed by atoms with van der Waals surface area (Å²) in [5, 5.41) is 2.97. The lowest BCUT2D eigenvalue weighted by molar-refractivity contribution is -0.0754. The Morgan fingerprint density at radius 3 is 2.27 bits per heavy atom. The summed E-state index contributed by atoms with van der Waals surface area (Å²) in [7, 11) is 2.21. The van der Waals surface area contributed by atoms with Crippen LogP contribution in [0.1, 0.15) is 36.3 Å². The van der Waals surface area contributed by atoms with Crippen molar-refractivity contribution in [1.29, 1.82) is 0 Å². The first-order chi connectivity index (χ1) is 14.7. The van der Waals surface area contributed by atoms with Crippen molar-refractivity contribution in [2.45, 2.75) is 37.3 Å². The maximum absolute atomic E-state index is 12.4. The number of fused-ring (bicyclic) bond motifs is 5. The molecule has 2 heterocycles. The lowest BCUT2D eigenvalue weighted by Gasteiger charge is -2.46. The van der Waals surface area contributed by atoms with E-state index in [0.29, 0.717) is 31.2 Å². The molecule has 2 unspecified atom stereocenters. The minimum Gasteiger partial charge on any atom is -0.449 e. The number of hydrogen-bond acceptors (Lipinski definition) is 4. The Labute approximate surface area is 178 Å². The standard InChI is InChI=1S/C25H30N2O3/c1-27-18-12-17(13-19(27)15-29-14-18)10-11-26-25(28)30-16-24-22-8-4-2-6-20(22)21-7-3-5-9-23(21)24/h2-9,17-19,24H,10-16H2,1H3,(H,26,28). The van der Waals surface area contributed by atoms with Crippen LogP contribution in [0.25, 0.3) is 11.1 Å². The molecule has 0 spiro atoms. The van der Waals surface area contributed by atoms with E-state index >= 15 is 0 Å². The van der Waals surface area contributed by atoms with Gasteiger partial charge in [-0.3, -0.25) is 4.90 Å². The Balaban J connectivity index is 1.12. The SMILES string of the molecule is CN1C2COCC1CC(CCNC(=O)OCC1c3ccccc3-c3ccccc31)C2. The third-order valence-corrected chi connectivity index (χ3v) is 7.15. The Morgan fingerprint density at radius 2 is 1.63 bits per heavy atom. The van der Waals surface area contributed by atoms with E-state index in [1.807, 2.05) is 0 Å². The Kier molecular flexibility index (Phi) is 5.48. The number of benzene rings is 2. The van der Waals surface area contributed by atoms with E-state index in [0.717, 1.165) is 32.5 Å². The summed E-state index contributed by atoms with van der Waals surface area (Å²) in [6, 6.07) is 17.9. The van der Waals surface area contributed by atoms with Gasteiger partial charge in [-0.1, -0.05) is 48.5 Å². The van der Waals surface area contributed by atoms with Gasteiger partial charge in [-0.2, -0.15) is 0 Å². The van der Waals surface area contributed by atoms with Crippen LogP contribution in [-0.2, 0) is 9.47 Å². The number of morpholine rings is 1. The zero-order valence-corrected chi connectivity index (χ0v) is 17.5. The molecule has 158 valence electrons. The molecule has 5 heteroatoms. The molecule has 2 aromatic rings. The topological polar surface area (TPSA) is 50.8 Å². The maximum Gasteiger partial charge on any atom is 0.407 e. The molecule has 30 heavy (non-hydrogen) atoms. The largest absolute Gasteiger partial charge is 0.449 e. The molecular formula is C25H30N2O3. The summed E-state index contributed by atoms with van der Waals surface area (Å²) < 4.78 is 11.3. The number of nitrogens with zero attached hydrogens (tertiary/aromatic N) is 1. The van der Waals surface area contributed by atoms with Crippen molar-refractivity contribution in [3.63, 3.8) is 0 Å². The van der Waals surface area contributed by atoms with Gasteiger partial charge in [-0.25, -0.2) is 4.79 Å². The smallest absolute Gasteiger partial charge is 0.407 e. The number of carbonyl (C=O) groups excluding carboxylic acids is 1. The van der Waals surface area contributed by atoms with Crippen molar-refractivity contribution in [2.75, 3.05) is 33.4 Å². The second-order valence-corrected chi connectivity index (χ2v) is 8.89. The summed E-state index contributed by atoms with van der Waals surface area (Å²) in [5.74, 6) is 0.755. The van der Waals surface area contributed by atoms with Crippen LogP contribution in [0.3, 0.4) is 0 Å². The van der Waals surface area contributed by atoms with E-state index in [1.165, 1.54) is 22.3 Å². The van der Waals surface area contributed by atoms with E-state index in [9.17, 15) is 4.79 Å². The first kappa shape index (κ1) is 19.6. The fourth-order valence-corrected chi connectivity index (χ4v) is 5.47. The normalized spacial score (nSPS) is 25.4. The number of carbonyl (C=O) groups is 1. The molecule has 3 aliphatic rings. The van der Waals surface area contributed by atoms with Crippen LogP contribution in [-0.4, -0.2) is 56.5 Å². The maximum atomic E-state index is 12.4. The van der Waals surface area contributed by atoms with Crippen molar-refractivity contribution in [1.82, 2.24) is 10.2 Å². The second-order valence-electron chi connectivity index (χ2n) is 8.89. The van der Waals surface area contributed by atoms with Gasteiger partial charge in [-0.05, 0) is 54.5 Å². The number of likely N-dealkylation sites (N-methyl/N-ethyl adjacent to an activating group) is 1. The van der Waals surface area contributed by atoms with Gasteiger partial charge < -0.3 is 14.8 Å². The molecule has 0 radical (unpaired) electrons. The number of hydrogen-bond donors (Lipinski definition) is 1. The highest BCUT2D eigenvalue weighted by Gasteiger charge is 2.36. The molecule has 2 aliphatic heterocycles. The Morgan fingerprint density at radius 1 is 1.03 bits per heavy atom. The van der Waals surface area contributed by atoms with Gasteiger partial charge >= 0.3 is 6.09 Å². The van der Waals surface area contributed by atoms with Crippen LogP contribution < -0.4 is 5.32 Å². The van der Waals surface area contributed by atoms with Crippen molar-refractivity contribution < 1.29 is 14.3 Å². The van der Waals surface area contributed by atoms with Crippen molar-refractivity contribution in [3.8, 4) is 11.1 Å². The highest BCUT2D eigenvalue weighted by molar-refractivity contribution is 5.79. The zero-order chi connectivity index (χ0) is 20.5. The van der Waals surface area contributed by atoms with Crippen molar-refractivity contribution in [3.05, 3.63) is 59.7 Å². The summed E-state index contributed by atoms with van der Waals surface area (Å²) in [6.07, 6.45) is 3.00. The Bertz CT molecular complexity index is 855. The quantitative estimate of drug-likeness (QED) is 0.815. The second kappa shape index (κ2) is 8.40. The third-order valence-electron chi connectivity index (χ3n) is 7.15. The Hall–Kier alpha value is -2.37. The van der Waals surface area contributed by atoms with Crippen LogP contribution >= 0.6 is 0 Å². The number of rotatable bonds is 5. The number of amides is 1. The molecular weight excluding hydrogens is 376 g/mol. The monoisotopic (exact) mass is 406 g/mol. The number of ether oxygens (including phenoxy) is 2. The van der Waals surface area contributed by atoms with Crippen LogP contribution in [0.5, 0.6) is 0 Å². The van der Waals surface area contributed by atoms with E-state index in [2.05, 4.69) is 65.8 Å². The molecule has 1 aliphatic carbocycles. The number of nitrogens with one attached hydrogen (secondary N) is 1. The van der Waals surface area contributed by atoms with Crippen LogP contribution in [0.15, 0.2) is 48.5 Å². The van der Waals surface area contributed by atoms with Gasteiger partial charge in [-0.15, -0.1) is 0 Å². The molecule has 0 aromatic heterocycles. The van der Waals surface area contributed by atoms with E-state index in [4.69, 9.17) is 9.47 Å². The first-order valence-electron chi connectivity index (χ1n) is 11.1. The predicted octanol–water partition coefficient (Wildman–Crippen LogP) is 4.02. The molecule has 2 bridgehead atoms. The predicted molar refractivity (Wildman–Crippen MR) is 117 cm³/mol. The number of alkyl carbamates (subject to hydrolysis) is 1. The highest BCUT2D eigenvalue weighted by atomic mass is 16.5. The van der Waals surface area contributed by atoms with Crippen LogP contribution in [0.2, 0.25) is 0 Å².